The molecule has 3 nitrogen and oxygen atoms in total. The predicted molar refractivity (Wildman–Crippen MR) is 80.6 cm³/mol. The van der Waals surface area contributed by atoms with E-state index in [1.807, 2.05) is 6.92 Å². The Morgan fingerprint density at radius 1 is 1.42 bits per heavy atom. The fourth-order valence-electron chi connectivity index (χ4n) is 2.88. The van der Waals surface area contributed by atoms with Crippen LogP contribution in [0.4, 0.5) is 5.69 Å². The van der Waals surface area contributed by atoms with Gasteiger partial charge < -0.3 is 15.4 Å². The molecule has 0 amide bonds. The van der Waals surface area contributed by atoms with Crippen LogP contribution in [0.3, 0.4) is 0 Å². The number of fused-ring (bicyclic) bond motifs is 1. The number of nitrogens with two attached hydrogens (primary N) is 1. The van der Waals surface area contributed by atoms with Crippen molar-refractivity contribution in [1.82, 2.24) is 0 Å². The van der Waals surface area contributed by atoms with Gasteiger partial charge in [0, 0.05) is 25.4 Å². The van der Waals surface area contributed by atoms with Gasteiger partial charge in [-0.1, -0.05) is 25.1 Å². The normalized spacial score (nSPS) is 21.9. The molecule has 0 saturated heterocycles. The maximum absolute atomic E-state index is 6.06. The Morgan fingerprint density at radius 3 is 2.84 bits per heavy atom. The first-order valence-electron chi connectivity index (χ1n) is 7.24. The summed E-state index contributed by atoms with van der Waals surface area (Å²) in [5.74, 6) is 0.655. The molecule has 2 rings (SSSR count). The molecule has 0 radical (unpaired) electrons. The van der Waals surface area contributed by atoms with Crippen molar-refractivity contribution >= 4 is 5.69 Å². The quantitative estimate of drug-likeness (QED) is 0.886. The lowest BCUT2D eigenvalue weighted by molar-refractivity contribution is 0.0979. The monoisotopic (exact) mass is 262 g/mol. The molecule has 2 N–H and O–H groups in total. The average Bonchev–Trinajstić information content (AvgIpc) is 2.43. The van der Waals surface area contributed by atoms with E-state index in [2.05, 4.69) is 43.0 Å². The van der Waals surface area contributed by atoms with Crippen molar-refractivity contribution in [3.05, 3.63) is 29.8 Å². The lowest BCUT2D eigenvalue weighted by atomic mass is 9.89. The number of nitrogens with zero attached hydrogens (tertiary/aromatic N) is 1. The molecule has 0 bridgehead atoms. The second-order valence-corrected chi connectivity index (χ2v) is 5.89. The zero-order valence-electron chi connectivity index (χ0n) is 12.4. The van der Waals surface area contributed by atoms with Crippen LogP contribution in [0, 0.1) is 5.92 Å². The molecule has 1 aromatic carbocycles. The molecule has 106 valence electrons. The first-order valence-corrected chi connectivity index (χ1v) is 7.24. The number of hydrogen-bond acceptors (Lipinski definition) is 3. The summed E-state index contributed by atoms with van der Waals surface area (Å²) in [6.45, 7) is 9.62. The van der Waals surface area contributed by atoms with Gasteiger partial charge in [0.25, 0.3) is 0 Å². The third kappa shape index (κ3) is 2.93. The first-order chi connectivity index (χ1) is 9.10. The third-order valence-electron chi connectivity index (χ3n) is 4.05. The van der Waals surface area contributed by atoms with Gasteiger partial charge in [-0.05, 0) is 37.8 Å². The van der Waals surface area contributed by atoms with Crippen molar-refractivity contribution in [3.8, 4) is 0 Å². The van der Waals surface area contributed by atoms with Gasteiger partial charge in [0.15, 0.2) is 0 Å². The molecule has 0 aromatic heterocycles. The lowest BCUT2D eigenvalue weighted by Gasteiger charge is -2.46. The Kier molecular flexibility index (Phi) is 4.48. The van der Waals surface area contributed by atoms with Gasteiger partial charge in [-0.2, -0.15) is 0 Å². The fourth-order valence-corrected chi connectivity index (χ4v) is 2.88. The summed E-state index contributed by atoms with van der Waals surface area (Å²) in [6, 6.07) is 8.67. The largest absolute Gasteiger partial charge is 0.379 e. The Balaban J connectivity index is 2.32. The highest BCUT2D eigenvalue weighted by molar-refractivity contribution is 5.58. The zero-order chi connectivity index (χ0) is 13.9. The van der Waals surface area contributed by atoms with Crippen LogP contribution in [0.2, 0.25) is 0 Å². The Bertz CT molecular complexity index is 421. The van der Waals surface area contributed by atoms with E-state index in [0.29, 0.717) is 19.1 Å². The van der Waals surface area contributed by atoms with Crippen LogP contribution < -0.4 is 10.6 Å². The van der Waals surface area contributed by atoms with Gasteiger partial charge in [0.1, 0.15) is 0 Å². The highest BCUT2D eigenvalue weighted by atomic mass is 16.5. The Morgan fingerprint density at radius 2 is 2.16 bits per heavy atom. The van der Waals surface area contributed by atoms with Crippen LogP contribution in [0.1, 0.15) is 26.3 Å². The number of anilines is 1. The highest BCUT2D eigenvalue weighted by Crippen LogP contribution is 2.34. The van der Waals surface area contributed by atoms with E-state index in [0.717, 1.165) is 19.6 Å². The number of para-hydroxylation sites is 1. The number of benzene rings is 1. The van der Waals surface area contributed by atoms with Crippen molar-refractivity contribution < 1.29 is 4.74 Å². The topological polar surface area (TPSA) is 38.5 Å². The van der Waals surface area contributed by atoms with E-state index in [4.69, 9.17) is 10.5 Å². The molecule has 19 heavy (non-hydrogen) atoms. The predicted octanol–water partition coefficient (Wildman–Crippen LogP) is 2.44. The van der Waals surface area contributed by atoms with Gasteiger partial charge >= 0.3 is 0 Å². The smallest absolute Gasteiger partial charge is 0.0728 e. The summed E-state index contributed by atoms with van der Waals surface area (Å²) in [5.41, 5.74) is 8.69. The SMILES string of the molecule is CCOCC(C)(CN)N1CC(C)Cc2ccccc21. The summed E-state index contributed by atoms with van der Waals surface area (Å²) in [6.07, 6.45) is 1.15. The standard InChI is InChI=1S/C16H26N2O/c1-4-19-12-16(3,11-17)18-10-13(2)9-14-7-5-6-8-15(14)18/h5-8,13H,4,9-12,17H2,1-3H3. The van der Waals surface area contributed by atoms with Crippen LogP contribution in [-0.2, 0) is 11.2 Å². The summed E-state index contributed by atoms with van der Waals surface area (Å²) >= 11 is 0. The van der Waals surface area contributed by atoms with Crippen molar-refractivity contribution in [3.63, 3.8) is 0 Å². The molecule has 0 saturated carbocycles. The fraction of sp³-hybridized carbons (Fsp3) is 0.625. The van der Waals surface area contributed by atoms with E-state index in [9.17, 15) is 0 Å². The van der Waals surface area contributed by atoms with Gasteiger partial charge in [-0.15, -0.1) is 0 Å². The number of rotatable bonds is 5. The van der Waals surface area contributed by atoms with E-state index in [1.165, 1.54) is 11.3 Å². The molecule has 1 aliphatic rings. The maximum Gasteiger partial charge on any atom is 0.0728 e. The van der Waals surface area contributed by atoms with Crippen LogP contribution in [0.15, 0.2) is 24.3 Å². The van der Waals surface area contributed by atoms with E-state index >= 15 is 0 Å². The summed E-state index contributed by atoms with van der Waals surface area (Å²) in [4.78, 5) is 2.45. The van der Waals surface area contributed by atoms with Gasteiger partial charge in [0.05, 0.1) is 12.1 Å². The molecule has 2 atom stereocenters. The highest BCUT2D eigenvalue weighted by Gasteiger charge is 2.35. The summed E-state index contributed by atoms with van der Waals surface area (Å²) in [7, 11) is 0. The van der Waals surface area contributed by atoms with E-state index < -0.39 is 0 Å². The van der Waals surface area contributed by atoms with Crippen molar-refractivity contribution in [1.29, 1.82) is 0 Å². The van der Waals surface area contributed by atoms with Crippen LogP contribution >= 0.6 is 0 Å². The Hall–Kier alpha value is -1.06. The van der Waals surface area contributed by atoms with Crippen molar-refractivity contribution in [2.75, 3.05) is 31.2 Å². The van der Waals surface area contributed by atoms with Crippen LogP contribution in [0.5, 0.6) is 0 Å². The minimum atomic E-state index is -0.124. The molecular weight excluding hydrogens is 236 g/mol. The minimum absolute atomic E-state index is 0.124. The van der Waals surface area contributed by atoms with Gasteiger partial charge in [-0.25, -0.2) is 0 Å². The second kappa shape index (κ2) is 5.93. The van der Waals surface area contributed by atoms with Crippen molar-refractivity contribution in [2.24, 2.45) is 11.7 Å². The average molecular weight is 262 g/mol. The molecule has 1 aromatic rings. The third-order valence-corrected chi connectivity index (χ3v) is 4.05. The number of ether oxygens (including phenoxy) is 1. The molecule has 0 fully saturated rings. The van der Waals surface area contributed by atoms with E-state index in [1.54, 1.807) is 0 Å². The second-order valence-electron chi connectivity index (χ2n) is 5.89. The van der Waals surface area contributed by atoms with Crippen LogP contribution in [0.25, 0.3) is 0 Å². The minimum Gasteiger partial charge on any atom is -0.379 e. The maximum atomic E-state index is 6.06. The van der Waals surface area contributed by atoms with Gasteiger partial charge in [-0.3, -0.25) is 0 Å². The number of hydrogen-bond donors (Lipinski definition) is 1. The van der Waals surface area contributed by atoms with Crippen LogP contribution in [-0.4, -0.2) is 31.8 Å². The first kappa shape index (κ1) is 14.4. The summed E-state index contributed by atoms with van der Waals surface area (Å²) in [5, 5.41) is 0. The molecule has 0 aliphatic carbocycles. The molecule has 2 unspecified atom stereocenters. The molecule has 3 heteroatoms. The Labute approximate surface area is 116 Å². The van der Waals surface area contributed by atoms with E-state index in [-0.39, 0.29) is 5.54 Å². The molecule has 1 aliphatic heterocycles. The molecular formula is C16H26N2O. The summed E-state index contributed by atoms with van der Waals surface area (Å²) < 4.78 is 5.67. The zero-order valence-corrected chi connectivity index (χ0v) is 12.4. The molecule has 0 spiro atoms. The molecule has 1 heterocycles. The van der Waals surface area contributed by atoms with Crippen molar-refractivity contribution in [2.45, 2.75) is 32.7 Å². The lowest BCUT2D eigenvalue weighted by Crippen LogP contribution is -2.58. The van der Waals surface area contributed by atoms with Gasteiger partial charge in [0.2, 0.25) is 0 Å².